The van der Waals surface area contributed by atoms with Crippen molar-refractivity contribution in [1.29, 1.82) is 0 Å². The van der Waals surface area contributed by atoms with Crippen LogP contribution in [0.3, 0.4) is 0 Å². The van der Waals surface area contributed by atoms with E-state index >= 15 is 0 Å². The van der Waals surface area contributed by atoms with Crippen molar-refractivity contribution >= 4 is 33.2 Å². The average Bonchev–Trinajstić information content (AvgIpc) is 3.55. The zero-order chi connectivity index (χ0) is 21.1. The lowest BCUT2D eigenvalue weighted by molar-refractivity contribution is -0.0712. The van der Waals surface area contributed by atoms with E-state index in [9.17, 15) is 4.39 Å². The van der Waals surface area contributed by atoms with Gasteiger partial charge in [-0.1, -0.05) is 18.2 Å². The standard InChI is InChI=1S/C26H30FNOS2/c27-22-7-9-23(10-8-22)31-19-26(29-17-20-5-6-20)12-15-28(16-13-26)14-11-21-18-30-25-4-2-1-3-24(21)25/h1-4,7-10,18,20H,5-6,11-17,19H2. The fourth-order valence-corrected chi connectivity index (χ4v) is 6.47. The van der Waals surface area contributed by atoms with Gasteiger partial charge in [-0.2, -0.15) is 0 Å². The van der Waals surface area contributed by atoms with Gasteiger partial charge in [-0.15, -0.1) is 23.1 Å². The highest BCUT2D eigenvalue weighted by Crippen LogP contribution is 2.37. The first-order chi connectivity index (χ1) is 15.2. The molecule has 2 heterocycles. The second-order valence-corrected chi connectivity index (χ2v) is 11.0. The highest BCUT2D eigenvalue weighted by molar-refractivity contribution is 7.99. The molecule has 3 aromatic rings. The molecule has 1 aromatic heterocycles. The number of hydrogen-bond donors (Lipinski definition) is 0. The van der Waals surface area contributed by atoms with Crippen molar-refractivity contribution in [2.24, 2.45) is 5.92 Å². The lowest BCUT2D eigenvalue weighted by Crippen LogP contribution is -2.48. The Morgan fingerprint density at radius 1 is 1.06 bits per heavy atom. The van der Waals surface area contributed by atoms with E-state index in [2.05, 4.69) is 34.5 Å². The van der Waals surface area contributed by atoms with Crippen molar-refractivity contribution in [1.82, 2.24) is 4.90 Å². The topological polar surface area (TPSA) is 12.5 Å². The molecule has 1 saturated heterocycles. The van der Waals surface area contributed by atoms with Gasteiger partial charge in [0.2, 0.25) is 0 Å². The van der Waals surface area contributed by atoms with E-state index in [0.29, 0.717) is 0 Å². The van der Waals surface area contributed by atoms with E-state index in [4.69, 9.17) is 4.74 Å². The van der Waals surface area contributed by atoms with Gasteiger partial charge in [0.25, 0.3) is 0 Å². The van der Waals surface area contributed by atoms with Gasteiger partial charge in [0.05, 0.1) is 12.2 Å². The zero-order valence-electron chi connectivity index (χ0n) is 17.9. The molecule has 0 atom stereocenters. The van der Waals surface area contributed by atoms with Crippen LogP contribution in [0.25, 0.3) is 10.1 Å². The Morgan fingerprint density at radius 2 is 1.84 bits per heavy atom. The first-order valence-corrected chi connectivity index (χ1v) is 13.3. The summed E-state index contributed by atoms with van der Waals surface area (Å²) in [4.78, 5) is 3.73. The summed E-state index contributed by atoms with van der Waals surface area (Å²) in [5, 5.41) is 3.75. The summed E-state index contributed by atoms with van der Waals surface area (Å²) >= 11 is 3.67. The molecule has 0 radical (unpaired) electrons. The second kappa shape index (κ2) is 9.62. The molecule has 0 spiro atoms. The zero-order valence-corrected chi connectivity index (χ0v) is 19.5. The Hall–Kier alpha value is -1.40. The maximum absolute atomic E-state index is 13.2. The number of thioether (sulfide) groups is 1. The van der Waals surface area contributed by atoms with E-state index in [1.165, 1.54) is 28.5 Å². The van der Waals surface area contributed by atoms with E-state index in [1.54, 1.807) is 12.1 Å². The van der Waals surface area contributed by atoms with Crippen LogP contribution in [0.1, 0.15) is 31.2 Å². The van der Waals surface area contributed by atoms with Crippen LogP contribution in [0.2, 0.25) is 0 Å². The monoisotopic (exact) mass is 455 g/mol. The Bertz CT molecular complexity index is 990. The molecule has 0 amide bonds. The summed E-state index contributed by atoms with van der Waals surface area (Å²) in [6, 6.07) is 15.6. The normalized spacial score (nSPS) is 19.1. The van der Waals surface area contributed by atoms with Crippen molar-refractivity contribution in [3.63, 3.8) is 0 Å². The molecule has 2 nitrogen and oxygen atoms in total. The number of piperidine rings is 1. The smallest absolute Gasteiger partial charge is 0.123 e. The molecule has 0 N–H and O–H groups in total. The molecule has 2 fully saturated rings. The van der Waals surface area contributed by atoms with Gasteiger partial charge >= 0.3 is 0 Å². The molecule has 2 aliphatic rings. The first kappa shape index (κ1) is 21.4. The lowest BCUT2D eigenvalue weighted by atomic mass is 9.92. The van der Waals surface area contributed by atoms with Crippen LogP contribution in [0.15, 0.2) is 58.8 Å². The summed E-state index contributed by atoms with van der Waals surface area (Å²) in [5.74, 6) is 1.56. The van der Waals surface area contributed by atoms with E-state index in [-0.39, 0.29) is 11.4 Å². The number of likely N-dealkylation sites (tertiary alicyclic amines) is 1. The number of hydrogen-bond acceptors (Lipinski definition) is 4. The lowest BCUT2D eigenvalue weighted by Gasteiger charge is -2.41. The van der Waals surface area contributed by atoms with E-state index < -0.39 is 0 Å². The number of fused-ring (bicyclic) bond motifs is 1. The van der Waals surface area contributed by atoms with Crippen LogP contribution < -0.4 is 0 Å². The molecule has 164 valence electrons. The third-order valence-electron chi connectivity index (χ3n) is 6.66. The summed E-state index contributed by atoms with van der Waals surface area (Å²) in [6.45, 7) is 4.21. The fourth-order valence-electron chi connectivity index (χ4n) is 4.34. The van der Waals surface area contributed by atoms with Crippen LogP contribution >= 0.6 is 23.1 Å². The number of ether oxygens (including phenoxy) is 1. The number of rotatable bonds is 9. The van der Waals surface area contributed by atoms with Gasteiger partial charge in [-0.25, -0.2) is 4.39 Å². The molecular formula is C26H30FNOS2. The van der Waals surface area contributed by atoms with Crippen molar-refractivity contribution in [2.75, 3.05) is 32.0 Å². The van der Waals surface area contributed by atoms with E-state index in [1.807, 2.05) is 35.2 Å². The van der Waals surface area contributed by atoms with Crippen LogP contribution in [0, 0.1) is 11.7 Å². The predicted octanol–water partition coefficient (Wildman–Crippen LogP) is 6.64. The summed E-state index contributed by atoms with van der Waals surface area (Å²) in [7, 11) is 0. The Balaban J connectivity index is 1.17. The Morgan fingerprint density at radius 3 is 2.61 bits per heavy atom. The molecule has 1 aliphatic carbocycles. The van der Waals surface area contributed by atoms with Crippen LogP contribution in [-0.2, 0) is 11.2 Å². The molecule has 1 aliphatic heterocycles. The third kappa shape index (κ3) is 5.51. The highest BCUT2D eigenvalue weighted by Gasteiger charge is 2.37. The molecule has 31 heavy (non-hydrogen) atoms. The van der Waals surface area contributed by atoms with Crippen molar-refractivity contribution in [3.8, 4) is 0 Å². The minimum Gasteiger partial charge on any atom is -0.374 e. The molecule has 0 bridgehead atoms. The van der Waals surface area contributed by atoms with E-state index in [0.717, 1.165) is 62.1 Å². The maximum atomic E-state index is 13.2. The quantitative estimate of drug-likeness (QED) is 0.336. The van der Waals surface area contributed by atoms with Gasteiger partial charge in [0.1, 0.15) is 5.82 Å². The number of halogens is 1. The van der Waals surface area contributed by atoms with Crippen molar-refractivity contribution in [3.05, 3.63) is 65.3 Å². The minimum atomic E-state index is -0.171. The first-order valence-electron chi connectivity index (χ1n) is 11.4. The van der Waals surface area contributed by atoms with Crippen LogP contribution in [-0.4, -0.2) is 42.5 Å². The molecule has 5 rings (SSSR count). The fraction of sp³-hybridized carbons (Fsp3) is 0.462. The number of nitrogens with zero attached hydrogens (tertiary/aromatic N) is 1. The van der Waals surface area contributed by atoms with Gasteiger partial charge in [-0.05, 0) is 84.7 Å². The number of thiophene rings is 1. The van der Waals surface area contributed by atoms with Gasteiger partial charge in [0.15, 0.2) is 0 Å². The predicted molar refractivity (Wildman–Crippen MR) is 130 cm³/mol. The molecular weight excluding hydrogens is 425 g/mol. The summed E-state index contributed by atoms with van der Waals surface area (Å²) in [6.07, 6.45) is 5.92. The minimum absolute atomic E-state index is 0.0484. The Labute approximate surface area is 192 Å². The molecule has 2 aromatic carbocycles. The van der Waals surface area contributed by atoms with Crippen molar-refractivity contribution < 1.29 is 9.13 Å². The number of benzene rings is 2. The van der Waals surface area contributed by atoms with Gasteiger partial charge in [-0.3, -0.25) is 0 Å². The Kier molecular flexibility index (Phi) is 6.65. The second-order valence-electron chi connectivity index (χ2n) is 9.03. The summed E-state index contributed by atoms with van der Waals surface area (Å²) < 4.78 is 21.2. The van der Waals surface area contributed by atoms with Gasteiger partial charge < -0.3 is 9.64 Å². The largest absolute Gasteiger partial charge is 0.374 e. The van der Waals surface area contributed by atoms with Crippen molar-refractivity contribution in [2.45, 2.75) is 42.6 Å². The van der Waals surface area contributed by atoms with Crippen LogP contribution in [0.4, 0.5) is 4.39 Å². The SMILES string of the molecule is Fc1ccc(SCC2(OCC3CC3)CCN(CCc3csc4ccccc34)CC2)cc1. The highest BCUT2D eigenvalue weighted by atomic mass is 32.2. The third-order valence-corrected chi connectivity index (χ3v) is 8.95. The average molecular weight is 456 g/mol. The van der Waals surface area contributed by atoms with Gasteiger partial charge in [0, 0.05) is 35.0 Å². The summed E-state index contributed by atoms with van der Waals surface area (Å²) in [5.41, 5.74) is 1.43. The molecule has 5 heteroatoms. The maximum Gasteiger partial charge on any atom is 0.123 e. The molecule has 0 unspecified atom stereocenters. The van der Waals surface area contributed by atoms with Crippen LogP contribution in [0.5, 0.6) is 0 Å². The molecule has 1 saturated carbocycles.